The van der Waals surface area contributed by atoms with Gasteiger partial charge in [-0.25, -0.2) is 0 Å². The third-order valence-electron chi connectivity index (χ3n) is 7.19. The van der Waals surface area contributed by atoms with Crippen LogP contribution in [-0.4, -0.2) is 37.0 Å². The number of hydrogen-bond acceptors (Lipinski definition) is 7. The van der Waals surface area contributed by atoms with Gasteiger partial charge in [0.25, 0.3) is 5.89 Å². The van der Waals surface area contributed by atoms with Crippen LogP contribution in [0, 0.1) is 17.8 Å². The van der Waals surface area contributed by atoms with E-state index in [0.717, 1.165) is 48.2 Å². The zero-order chi connectivity index (χ0) is 18.9. The zero-order valence-corrected chi connectivity index (χ0v) is 15.6. The molecule has 0 amide bonds. The van der Waals surface area contributed by atoms with Crippen molar-refractivity contribution in [2.24, 2.45) is 17.8 Å². The van der Waals surface area contributed by atoms with Crippen molar-refractivity contribution in [3.63, 3.8) is 0 Å². The molecule has 0 aliphatic heterocycles. The van der Waals surface area contributed by atoms with Gasteiger partial charge in [0, 0.05) is 24.2 Å². The normalized spacial score (nSPS) is 34.8. The van der Waals surface area contributed by atoms with E-state index in [1.165, 1.54) is 12.8 Å². The predicted octanol–water partition coefficient (Wildman–Crippen LogP) is 2.54. The molecule has 2 atom stereocenters. The molecule has 4 fully saturated rings. The van der Waals surface area contributed by atoms with Crippen molar-refractivity contribution in [2.75, 3.05) is 5.32 Å². The van der Waals surface area contributed by atoms with Crippen LogP contribution in [0.25, 0.3) is 17.5 Å². The molecule has 7 nitrogen and oxygen atoms in total. The van der Waals surface area contributed by atoms with Gasteiger partial charge in [0.1, 0.15) is 6.61 Å². The van der Waals surface area contributed by atoms with Gasteiger partial charge in [-0.15, -0.1) is 0 Å². The molecule has 2 aromatic heterocycles. The van der Waals surface area contributed by atoms with Gasteiger partial charge in [0.05, 0.1) is 22.5 Å². The van der Waals surface area contributed by atoms with Crippen LogP contribution in [0.3, 0.4) is 0 Å². The maximum Gasteiger partial charge on any atom is 0.261 e. The molecule has 3 N–H and O–H groups in total. The first-order valence-corrected chi connectivity index (χ1v) is 10.2. The standard InChI is InChI=1S/C21H24N4O3/c26-10-17-23-20(28-25-17)15-9-22-16-3-1-2-14(16)19(15)24-18-12-4-11-5-13(18)8-21(27,6-11)7-12/h1-2,9,11-13,18,26-27H,3-8,10H2,(H,22,24). The van der Waals surface area contributed by atoms with Gasteiger partial charge in [0.15, 0.2) is 5.82 Å². The zero-order valence-electron chi connectivity index (χ0n) is 15.6. The maximum absolute atomic E-state index is 10.9. The van der Waals surface area contributed by atoms with Crippen LogP contribution in [-0.2, 0) is 13.0 Å². The van der Waals surface area contributed by atoms with E-state index < -0.39 is 5.60 Å². The molecule has 2 aromatic rings. The van der Waals surface area contributed by atoms with E-state index in [2.05, 4.69) is 32.6 Å². The third-order valence-corrected chi connectivity index (χ3v) is 7.19. The van der Waals surface area contributed by atoms with E-state index in [0.29, 0.717) is 29.7 Å². The lowest BCUT2D eigenvalue weighted by Crippen LogP contribution is -2.59. The first kappa shape index (κ1) is 16.7. The van der Waals surface area contributed by atoms with Gasteiger partial charge >= 0.3 is 0 Å². The molecule has 146 valence electrons. The molecule has 4 saturated carbocycles. The summed E-state index contributed by atoms with van der Waals surface area (Å²) in [5.41, 5.74) is 3.48. The molecular formula is C21H24N4O3. The molecule has 28 heavy (non-hydrogen) atoms. The average molecular weight is 380 g/mol. The van der Waals surface area contributed by atoms with Crippen LogP contribution >= 0.6 is 0 Å². The predicted molar refractivity (Wildman–Crippen MR) is 102 cm³/mol. The fraction of sp³-hybridized carbons (Fsp3) is 0.571. The minimum Gasteiger partial charge on any atom is -0.390 e. The first-order valence-electron chi connectivity index (χ1n) is 10.2. The minimum atomic E-state index is -0.444. The Labute approximate surface area is 162 Å². The van der Waals surface area contributed by atoms with Crippen molar-refractivity contribution in [3.8, 4) is 11.5 Å². The van der Waals surface area contributed by atoms with Gasteiger partial charge in [0.2, 0.25) is 0 Å². The summed E-state index contributed by atoms with van der Waals surface area (Å²) in [4.78, 5) is 8.90. The van der Waals surface area contributed by atoms with Crippen LogP contribution in [0.5, 0.6) is 0 Å². The lowest BCUT2D eigenvalue weighted by Gasteiger charge is -2.58. The number of nitrogens with zero attached hydrogens (tertiary/aromatic N) is 3. The maximum atomic E-state index is 10.9. The Morgan fingerprint density at radius 2 is 2.04 bits per heavy atom. The van der Waals surface area contributed by atoms with Crippen molar-refractivity contribution in [1.82, 2.24) is 15.1 Å². The highest BCUT2D eigenvalue weighted by molar-refractivity contribution is 5.83. The molecule has 2 heterocycles. The largest absolute Gasteiger partial charge is 0.390 e. The Kier molecular flexibility index (Phi) is 3.50. The lowest BCUT2D eigenvalue weighted by atomic mass is 9.52. The molecule has 0 aromatic carbocycles. The first-order chi connectivity index (χ1) is 13.6. The van der Waals surface area contributed by atoms with Crippen LogP contribution in [0.15, 0.2) is 16.8 Å². The van der Waals surface area contributed by atoms with Gasteiger partial charge in [-0.05, 0) is 49.9 Å². The van der Waals surface area contributed by atoms with Gasteiger partial charge in [-0.1, -0.05) is 17.3 Å². The van der Waals surface area contributed by atoms with E-state index in [1.807, 2.05) is 0 Å². The van der Waals surface area contributed by atoms with Crippen LogP contribution in [0.4, 0.5) is 5.69 Å². The molecule has 5 aliphatic rings. The van der Waals surface area contributed by atoms with Crippen LogP contribution in [0.2, 0.25) is 0 Å². The molecule has 0 spiro atoms. The quantitative estimate of drug-likeness (QED) is 0.749. The summed E-state index contributed by atoms with van der Waals surface area (Å²) < 4.78 is 5.40. The number of rotatable bonds is 4. The SMILES string of the molecule is OCc1noc(-c2cnc3c(c2NC2C4CC5CC2CC(O)(C5)C4)C=CC3)n1. The van der Waals surface area contributed by atoms with Crippen molar-refractivity contribution in [3.05, 3.63) is 29.4 Å². The monoisotopic (exact) mass is 380 g/mol. The van der Waals surface area contributed by atoms with E-state index in [1.54, 1.807) is 6.20 Å². The van der Waals surface area contributed by atoms with Crippen molar-refractivity contribution < 1.29 is 14.7 Å². The van der Waals surface area contributed by atoms with E-state index in [4.69, 9.17) is 4.52 Å². The van der Waals surface area contributed by atoms with Crippen molar-refractivity contribution in [2.45, 2.75) is 56.8 Å². The second kappa shape index (κ2) is 5.87. The fourth-order valence-electron chi connectivity index (χ4n) is 6.33. The van der Waals surface area contributed by atoms with E-state index >= 15 is 0 Å². The number of fused-ring (bicyclic) bond motifs is 1. The Morgan fingerprint density at radius 1 is 1.21 bits per heavy atom. The minimum absolute atomic E-state index is 0.253. The number of aliphatic hydroxyl groups excluding tert-OH is 1. The second-order valence-electron chi connectivity index (χ2n) is 9.05. The highest BCUT2D eigenvalue weighted by atomic mass is 16.5. The molecule has 5 aliphatic carbocycles. The summed E-state index contributed by atoms with van der Waals surface area (Å²) in [6, 6.07) is 0.344. The lowest BCUT2D eigenvalue weighted by molar-refractivity contribution is -0.129. The Bertz CT molecular complexity index is 953. The summed E-state index contributed by atoms with van der Waals surface area (Å²) in [5, 5.41) is 27.9. The molecule has 7 rings (SSSR count). The number of aliphatic hydroxyl groups is 2. The topological polar surface area (TPSA) is 104 Å². The number of anilines is 1. The Morgan fingerprint density at radius 3 is 2.75 bits per heavy atom. The number of hydrogen-bond donors (Lipinski definition) is 3. The summed E-state index contributed by atoms with van der Waals surface area (Å²) in [5.74, 6) is 2.31. The molecule has 0 saturated heterocycles. The summed E-state index contributed by atoms with van der Waals surface area (Å²) in [7, 11) is 0. The van der Waals surface area contributed by atoms with Gasteiger partial charge in [-0.3, -0.25) is 4.98 Å². The van der Waals surface area contributed by atoms with E-state index in [9.17, 15) is 10.2 Å². The molecule has 7 heteroatoms. The van der Waals surface area contributed by atoms with Crippen molar-refractivity contribution >= 4 is 11.8 Å². The summed E-state index contributed by atoms with van der Waals surface area (Å²) in [6.45, 7) is -0.253. The Balaban J connectivity index is 1.40. The van der Waals surface area contributed by atoms with Gasteiger partial charge < -0.3 is 20.1 Å². The Hall–Kier alpha value is -2.25. The molecule has 2 unspecified atom stereocenters. The number of allylic oxidation sites excluding steroid dienone is 1. The number of pyridine rings is 1. The number of nitrogens with one attached hydrogen (secondary N) is 1. The smallest absolute Gasteiger partial charge is 0.261 e. The van der Waals surface area contributed by atoms with Crippen LogP contribution in [0.1, 0.15) is 49.2 Å². The number of aromatic nitrogens is 3. The molecule has 0 radical (unpaired) electrons. The fourth-order valence-corrected chi connectivity index (χ4v) is 6.33. The van der Waals surface area contributed by atoms with Gasteiger partial charge in [-0.2, -0.15) is 4.98 Å². The summed E-state index contributed by atoms with van der Waals surface area (Å²) >= 11 is 0. The third kappa shape index (κ3) is 2.46. The average Bonchev–Trinajstić information content (AvgIpc) is 3.32. The second-order valence-corrected chi connectivity index (χ2v) is 9.05. The summed E-state index contributed by atoms with van der Waals surface area (Å²) in [6.07, 6.45) is 12.0. The van der Waals surface area contributed by atoms with Crippen LogP contribution < -0.4 is 5.32 Å². The highest BCUT2D eigenvalue weighted by Crippen LogP contribution is 2.56. The molecule has 4 bridgehead atoms. The van der Waals surface area contributed by atoms with E-state index in [-0.39, 0.29) is 12.4 Å². The highest BCUT2D eigenvalue weighted by Gasteiger charge is 2.54. The molecular weight excluding hydrogens is 356 g/mol. The van der Waals surface area contributed by atoms with Crippen molar-refractivity contribution in [1.29, 1.82) is 0 Å².